The van der Waals surface area contributed by atoms with Crippen molar-refractivity contribution in [1.29, 1.82) is 0 Å². The van der Waals surface area contributed by atoms with Crippen LogP contribution < -0.4 is 9.80 Å². The van der Waals surface area contributed by atoms with Crippen LogP contribution >= 0.6 is 0 Å². The Balaban J connectivity index is 1.02. The monoisotopic (exact) mass is 793 g/mol. The molecule has 0 unspecified atom stereocenters. The molecule has 1 aliphatic carbocycles. The Morgan fingerprint density at radius 3 is 1.50 bits per heavy atom. The second kappa shape index (κ2) is 14.1. The molecule has 0 bridgehead atoms. The molecule has 1 aromatic heterocycles. The predicted molar refractivity (Wildman–Crippen MR) is 262 cm³/mol. The van der Waals surface area contributed by atoms with Gasteiger partial charge in [0.05, 0.1) is 16.7 Å². The lowest BCUT2D eigenvalue weighted by molar-refractivity contribution is 0.660. The number of rotatable bonds is 8. The molecule has 294 valence electrons. The third-order valence-electron chi connectivity index (χ3n) is 13.1. The lowest BCUT2D eigenvalue weighted by Crippen LogP contribution is -2.16. The average molecular weight is 794 g/mol. The van der Waals surface area contributed by atoms with E-state index < -0.39 is 0 Å². The first-order chi connectivity index (χ1) is 30.5. The van der Waals surface area contributed by atoms with Crippen LogP contribution in [0, 0.1) is 0 Å². The summed E-state index contributed by atoms with van der Waals surface area (Å²) in [5, 5.41) is 5.00. The van der Waals surface area contributed by atoms with Crippen LogP contribution in [0.2, 0.25) is 0 Å². The number of nitrogens with zero attached hydrogens (tertiary/aromatic N) is 3. The first kappa shape index (κ1) is 36.0. The zero-order chi connectivity index (χ0) is 41.4. The SMILES string of the molecule is CC1(C)c2ccccc2-c2ccc(N(c3ccccc3)c3ccc(-c4ccc5c6c4ccc4c(N(c7ccccc7)c7ccccc7)ccc(c46)n5-c4ccccc4)cc3)cc21. The van der Waals surface area contributed by atoms with Gasteiger partial charge in [-0.2, -0.15) is 0 Å². The van der Waals surface area contributed by atoms with Gasteiger partial charge >= 0.3 is 0 Å². The number of anilines is 6. The number of hydrogen-bond donors (Lipinski definition) is 0. The number of fused-ring (bicyclic) bond motifs is 3. The fourth-order valence-corrected chi connectivity index (χ4v) is 10.3. The maximum absolute atomic E-state index is 2.44. The molecule has 0 atom stereocenters. The van der Waals surface area contributed by atoms with Crippen LogP contribution in [-0.2, 0) is 5.41 Å². The highest BCUT2D eigenvalue weighted by Crippen LogP contribution is 2.51. The third kappa shape index (κ3) is 5.52. The zero-order valence-electron chi connectivity index (χ0n) is 34.7. The molecule has 0 fully saturated rings. The molecule has 0 radical (unpaired) electrons. The van der Waals surface area contributed by atoms with Crippen molar-refractivity contribution < 1.29 is 0 Å². The molecule has 3 heteroatoms. The van der Waals surface area contributed by atoms with Crippen molar-refractivity contribution in [2.24, 2.45) is 0 Å². The number of hydrogen-bond acceptors (Lipinski definition) is 2. The minimum absolute atomic E-state index is 0.0899. The quantitative estimate of drug-likeness (QED) is 0.142. The van der Waals surface area contributed by atoms with E-state index in [-0.39, 0.29) is 5.41 Å². The minimum Gasteiger partial charge on any atom is -0.310 e. The standard InChI is InChI=1S/C59H43N3/c1-59(2)52-26-16-15-25-48(52)49-32-31-46(39-53(49)59)60(41-17-7-3-8-18-41)45-29-27-40(28-30-45)47-35-36-55-57-50(47)33-34-51-54(37-38-56(58(51)57)62(55)44-23-13-6-14-24-44)61(42-19-9-4-10-20-42)43-21-11-5-12-22-43/h3-39H,1-2H3. The lowest BCUT2D eigenvalue weighted by Gasteiger charge is -2.28. The second-order valence-electron chi connectivity index (χ2n) is 16.9. The van der Waals surface area contributed by atoms with E-state index in [1.807, 2.05) is 0 Å². The molecule has 0 amide bonds. The summed E-state index contributed by atoms with van der Waals surface area (Å²) < 4.78 is 2.44. The smallest absolute Gasteiger partial charge is 0.0548 e. The van der Waals surface area contributed by atoms with Gasteiger partial charge in [-0.15, -0.1) is 0 Å². The summed E-state index contributed by atoms with van der Waals surface area (Å²) in [6.45, 7) is 4.70. The fraction of sp³-hybridized carbons (Fsp3) is 0.0508. The molecule has 11 aromatic rings. The molecule has 62 heavy (non-hydrogen) atoms. The van der Waals surface area contributed by atoms with Gasteiger partial charge in [-0.05, 0) is 130 Å². The van der Waals surface area contributed by atoms with Gasteiger partial charge in [-0.1, -0.05) is 147 Å². The van der Waals surface area contributed by atoms with Gasteiger partial charge in [0, 0.05) is 55.7 Å². The Morgan fingerprint density at radius 2 is 0.839 bits per heavy atom. The molecule has 0 saturated carbocycles. The Morgan fingerprint density at radius 1 is 0.355 bits per heavy atom. The summed E-state index contributed by atoms with van der Waals surface area (Å²) in [6, 6.07) is 81.9. The summed E-state index contributed by atoms with van der Waals surface area (Å²) in [5.74, 6) is 0. The van der Waals surface area contributed by atoms with Gasteiger partial charge in [-0.25, -0.2) is 0 Å². The van der Waals surface area contributed by atoms with Crippen LogP contribution in [0.1, 0.15) is 25.0 Å². The largest absolute Gasteiger partial charge is 0.310 e. The van der Waals surface area contributed by atoms with Crippen LogP contribution in [-0.4, -0.2) is 4.57 Å². The zero-order valence-corrected chi connectivity index (χ0v) is 34.7. The summed E-state index contributed by atoms with van der Waals surface area (Å²) in [6.07, 6.45) is 0. The highest BCUT2D eigenvalue weighted by atomic mass is 15.1. The van der Waals surface area contributed by atoms with Crippen LogP contribution in [0.3, 0.4) is 0 Å². The van der Waals surface area contributed by atoms with Crippen molar-refractivity contribution in [2.75, 3.05) is 9.80 Å². The Hall–Kier alpha value is -7.88. The summed E-state index contributed by atoms with van der Waals surface area (Å²) >= 11 is 0. The maximum atomic E-state index is 2.44. The number of para-hydroxylation sites is 4. The first-order valence-electron chi connectivity index (χ1n) is 21.5. The van der Waals surface area contributed by atoms with Gasteiger partial charge in [0.15, 0.2) is 0 Å². The van der Waals surface area contributed by atoms with Crippen molar-refractivity contribution in [2.45, 2.75) is 19.3 Å². The molecular formula is C59H43N3. The van der Waals surface area contributed by atoms with Crippen LogP contribution in [0.4, 0.5) is 34.1 Å². The molecule has 3 nitrogen and oxygen atoms in total. The van der Waals surface area contributed by atoms with Crippen molar-refractivity contribution >= 4 is 66.7 Å². The Labute approximate surface area is 362 Å². The van der Waals surface area contributed by atoms with Gasteiger partial charge in [-0.3, -0.25) is 0 Å². The first-order valence-corrected chi connectivity index (χ1v) is 21.5. The summed E-state index contributed by atoms with van der Waals surface area (Å²) in [5.41, 5.74) is 18.1. The van der Waals surface area contributed by atoms with Crippen molar-refractivity contribution in [1.82, 2.24) is 4.57 Å². The van der Waals surface area contributed by atoms with E-state index in [1.165, 1.54) is 66.0 Å². The molecule has 1 aliphatic rings. The highest BCUT2D eigenvalue weighted by molar-refractivity contribution is 6.29. The van der Waals surface area contributed by atoms with E-state index >= 15 is 0 Å². The number of aromatic nitrogens is 1. The van der Waals surface area contributed by atoms with Gasteiger partial charge in [0.1, 0.15) is 0 Å². The second-order valence-corrected chi connectivity index (χ2v) is 16.9. The average Bonchev–Trinajstić information content (AvgIpc) is 3.79. The van der Waals surface area contributed by atoms with Crippen molar-refractivity contribution in [3.05, 3.63) is 236 Å². The van der Waals surface area contributed by atoms with E-state index in [2.05, 4.69) is 253 Å². The van der Waals surface area contributed by atoms with Crippen molar-refractivity contribution in [3.63, 3.8) is 0 Å². The van der Waals surface area contributed by atoms with Crippen LogP contribution in [0.5, 0.6) is 0 Å². The van der Waals surface area contributed by atoms with E-state index in [0.717, 1.165) is 39.8 Å². The predicted octanol–water partition coefficient (Wildman–Crippen LogP) is 16.3. The Kier molecular flexibility index (Phi) is 8.20. The number of benzene rings is 10. The summed E-state index contributed by atoms with van der Waals surface area (Å²) in [4.78, 5) is 4.78. The molecule has 10 aromatic carbocycles. The van der Waals surface area contributed by atoms with Gasteiger partial charge in [0.2, 0.25) is 0 Å². The normalized spacial score (nSPS) is 12.8. The van der Waals surface area contributed by atoms with E-state index in [0.29, 0.717) is 0 Å². The molecule has 12 rings (SSSR count). The van der Waals surface area contributed by atoms with E-state index in [9.17, 15) is 0 Å². The molecule has 0 N–H and O–H groups in total. The van der Waals surface area contributed by atoms with Gasteiger partial charge < -0.3 is 14.4 Å². The van der Waals surface area contributed by atoms with Crippen LogP contribution in [0.25, 0.3) is 60.5 Å². The summed E-state index contributed by atoms with van der Waals surface area (Å²) in [7, 11) is 0. The lowest BCUT2D eigenvalue weighted by atomic mass is 9.82. The van der Waals surface area contributed by atoms with E-state index in [4.69, 9.17) is 0 Å². The molecule has 0 aliphatic heterocycles. The molecule has 0 spiro atoms. The van der Waals surface area contributed by atoms with E-state index in [1.54, 1.807) is 0 Å². The topological polar surface area (TPSA) is 11.4 Å². The third-order valence-corrected chi connectivity index (χ3v) is 13.1. The maximum Gasteiger partial charge on any atom is 0.0548 e. The fourth-order valence-electron chi connectivity index (χ4n) is 10.3. The minimum atomic E-state index is -0.0899. The molecule has 1 heterocycles. The highest BCUT2D eigenvalue weighted by Gasteiger charge is 2.35. The van der Waals surface area contributed by atoms with Gasteiger partial charge in [0.25, 0.3) is 0 Å². The molecular weight excluding hydrogens is 751 g/mol. The Bertz CT molecular complexity index is 3370. The van der Waals surface area contributed by atoms with Crippen molar-refractivity contribution in [3.8, 4) is 27.9 Å². The van der Waals surface area contributed by atoms with Crippen LogP contribution in [0.15, 0.2) is 224 Å². The molecule has 0 saturated heterocycles.